The van der Waals surface area contributed by atoms with Crippen molar-refractivity contribution in [2.24, 2.45) is 0 Å². The smallest absolute Gasteiger partial charge is 0.137 e. The van der Waals surface area contributed by atoms with Gasteiger partial charge >= 0.3 is 0 Å². The van der Waals surface area contributed by atoms with Crippen LogP contribution in [0, 0.1) is 0 Å². The minimum Gasteiger partial charge on any atom is -0.314 e. The highest BCUT2D eigenvalue weighted by atomic mass is 32.1. The third kappa shape index (κ3) is 2.99. The zero-order valence-electron chi connectivity index (χ0n) is 16.2. The minimum atomic E-state index is 0.384. The van der Waals surface area contributed by atoms with E-state index in [1.807, 2.05) is 12.4 Å². The molecule has 0 aliphatic carbocycles. The van der Waals surface area contributed by atoms with Crippen molar-refractivity contribution in [3.63, 3.8) is 0 Å². The van der Waals surface area contributed by atoms with Gasteiger partial charge in [-0.2, -0.15) is 0 Å². The molecule has 1 fully saturated rings. The number of hydrogen-bond acceptors (Lipinski definition) is 6. The van der Waals surface area contributed by atoms with Gasteiger partial charge in [0, 0.05) is 49.0 Å². The fraction of sp³-hybridized carbons (Fsp3) is 0.174. The number of thiophene rings is 1. The molecule has 0 saturated carbocycles. The molecular formula is C23H20N6S. The van der Waals surface area contributed by atoms with E-state index in [0.717, 1.165) is 46.8 Å². The van der Waals surface area contributed by atoms with E-state index in [1.54, 1.807) is 17.7 Å². The number of pyridine rings is 1. The fourth-order valence-corrected chi connectivity index (χ4v) is 4.99. The maximum atomic E-state index is 4.66. The molecule has 1 aliphatic heterocycles. The largest absolute Gasteiger partial charge is 0.314 e. The van der Waals surface area contributed by atoms with Crippen LogP contribution in [0.3, 0.4) is 0 Å². The first-order chi connectivity index (χ1) is 14.9. The molecule has 6 rings (SSSR count). The van der Waals surface area contributed by atoms with Crippen molar-refractivity contribution in [1.29, 1.82) is 0 Å². The van der Waals surface area contributed by atoms with Crippen LogP contribution in [-0.2, 0) is 0 Å². The van der Waals surface area contributed by atoms with E-state index >= 15 is 0 Å². The van der Waals surface area contributed by atoms with Crippen LogP contribution >= 0.6 is 11.3 Å². The highest BCUT2D eigenvalue weighted by Gasteiger charge is 2.15. The number of benzene rings is 1. The third-order valence-corrected chi connectivity index (χ3v) is 6.62. The second-order valence-electron chi connectivity index (χ2n) is 7.50. The molecule has 4 aromatic heterocycles. The van der Waals surface area contributed by atoms with Crippen molar-refractivity contribution in [2.45, 2.75) is 6.04 Å². The predicted octanol–water partition coefficient (Wildman–Crippen LogP) is 3.91. The number of imidazole rings is 1. The van der Waals surface area contributed by atoms with Crippen molar-refractivity contribution < 1.29 is 0 Å². The van der Waals surface area contributed by atoms with Gasteiger partial charge in [0.15, 0.2) is 0 Å². The SMILES string of the molecule is c1ncc2scc(-c3cnc4cc(-c5ccc(C6CNCCN6)cc5)ccn34)c2n1. The van der Waals surface area contributed by atoms with E-state index in [2.05, 4.69) is 78.0 Å². The van der Waals surface area contributed by atoms with E-state index in [-0.39, 0.29) is 0 Å². The molecule has 5 heterocycles. The summed E-state index contributed by atoms with van der Waals surface area (Å²) in [7, 11) is 0. The number of piperazine rings is 1. The summed E-state index contributed by atoms with van der Waals surface area (Å²) >= 11 is 1.66. The lowest BCUT2D eigenvalue weighted by Gasteiger charge is -2.25. The molecule has 2 N–H and O–H groups in total. The van der Waals surface area contributed by atoms with Crippen LogP contribution in [0.15, 0.2) is 66.7 Å². The maximum Gasteiger partial charge on any atom is 0.137 e. The molecule has 5 aromatic rings. The molecule has 1 saturated heterocycles. The standard InChI is InChI=1S/C23H20N6S/c1-3-16(19-10-24-6-7-26-19)4-2-15(1)17-5-8-29-20(11-27-22(29)9-17)18-13-30-21-12-25-14-28-23(18)21/h1-5,8-9,11-14,19,24,26H,6-7,10H2. The summed E-state index contributed by atoms with van der Waals surface area (Å²) in [6, 6.07) is 13.5. The second kappa shape index (κ2) is 7.28. The molecule has 0 radical (unpaired) electrons. The van der Waals surface area contributed by atoms with Gasteiger partial charge in [-0.3, -0.25) is 4.40 Å². The van der Waals surface area contributed by atoms with Crippen LogP contribution in [0.25, 0.3) is 38.2 Å². The average Bonchev–Trinajstić information content (AvgIpc) is 3.43. The predicted molar refractivity (Wildman–Crippen MR) is 121 cm³/mol. The number of hydrogen-bond donors (Lipinski definition) is 2. The molecule has 0 bridgehead atoms. The quantitative estimate of drug-likeness (QED) is 0.470. The van der Waals surface area contributed by atoms with Gasteiger partial charge in [-0.05, 0) is 28.8 Å². The Labute approximate surface area is 177 Å². The van der Waals surface area contributed by atoms with Gasteiger partial charge in [-0.15, -0.1) is 11.3 Å². The monoisotopic (exact) mass is 412 g/mol. The first-order valence-corrected chi connectivity index (χ1v) is 10.9. The van der Waals surface area contributed by atoms with Crippen LogP contribution in [0.4, 0.5) is 0 Å². The number of nitrogens with zero attached hydrogens (tertiary/aromatic N) is 4. The Morgan fingerprint density at radius 3 is 2.80 bits per heavy atom. The molecule has 148 valence electrons. The molecule has 0 amide bonds. The zero-order chi connectivity index (χ0) is 19.9. The molecule has 1 aromatic carbocycles. The average molecular weight is 413 g/mol. The summed E-state index contributed by atoms with van der Waals surface area (Å²) in [4.78, 5) is 13.2. The van der Waals surface area contributed by atoms with Gasteiger partial charge in [0.05, 0.1) is 22.1 Å². The Kier molecular flexibility index (Phi) is 4.30. The first kappa shape index (κ1) is 17.7. The van der Waals surface area contributed by atoms with Crippen molar-refractivity contribution in [3.05, 3.63) is 72.3 Å². The second-order valence-corrected chi connectivity index (χ2v) is 8.42. The number of fused-ring (bicyclic) bond motifs is 2. The summed E-state index contributed by atoms with van der Waals surface area (Å²) in [5.74, 6) is 0. The van der Waals surface area contributed by atoms with Gasteiger partial charge < -0.3 is 10.6 Å². The Morgan fingerprint density at radius 1 is 1.00 bits per heavy atom. The number of aromatic nitrogens is 4. The van der Waals surface area contributed by atoms with Crippen LogP contribution in [-0.4, -0.2) is 39.0 Å². The van der Waals surface area contributed by atoms with Crippen LogP contribution in [0.5, 0.6) is 0 Å². The summed E-state index contributed by atoms with van der Waals surface area (Å²) < 4.78 is 3.21. The molecule has 1 atom stereocenters. The molecule has 1 unspecified atom stereocenters. The lowest BCUT2D eigenvalue weighted by Crippen LogP contribution is -2.42. The highest BCUT2D eigenvalue weighted by molar-refractivity contribution is 7.17. The van der Waals surface area contributed by atoms with Gasteiger partial charge in [-0.25, -0.2) is 15.0 Å². The molecule has 1 aliphatic rings. The highest BCUT2D eigenvalue weighted by Crippen LogP contribution is 2.33. The Balaban J connectivity index is 1.34. The molecule has 30 heavy (non-hydrogen) atoms. The van der Waals surface area contributed by atoms with Crippen LogP contribution in [0.2, 0.25) is 0 Å². The Bertz CT molecular complexity index is 1330. The lowest BCUT2D eigenvalue weighted by molar-refractivity contribution is 0.430. The van der Waals surface area contributed by atoms with Gasteiger partial charge in [0.25, 0.3) is 0 Å². The van der Waals surface area contributed by atoms with Crippen LogP contribution in [0.1, 0.15) is 11.6 Å². The lowest BCUT2D eigenvalue weighted by atomic mass is 10.0. The van der Waals surface area contributed by atoms with E-state index in [4.69, 9.17) is 0 Å². The number of rotatable bonds is 3. The van der Waals surface area contributed by atoms with E-state index < -0.39 is 0 Å². The topological polar surface area (TPSA) is 67.1 Å². The van der Waals surface area contributed by atoms with E-state index in [9.17, 15) is 0 Å². The van der Waals surface area contributed by atoms with E-state index in [0.29, 0.717) is 6.04 Å². The van der Waals surface area contributed by atoms with Crippen molar-refractivity contribution >= 4 is 27.2 Å². The van der Waals surface area contributed by atoms with Crippen molar-refractivity contribution in [2.75, 3.05) is 19.6 Å². The number of nitrogens with one attached hydrogen (secondary N) is 2. The molecule has 0 spiro atoms. The molecule has 7 heteroatoms. The van der Waals surface area contributed by atoms with Gasteiger partial charge in [-0.1, -0.05) is 24.3 Å². The van der Waals surface area contributed by atoms with Gasteiger partial charge in [0.2, 0.25) is 0 Å². The summed E-state index contributed by atoms with van der Waals surface area (Å²) in [5.41, 5.74) is 7.73. The minimum absolute atomic E-state index is 0.384. The summed E-state index contributed by atoms with van der Waals surface area (Å²) in [6.45, 7) is 3.02. The maximum absolute atomic E-state index is 4.66. The summed E-state index contributed by atoms with van der Waals surface area (Å²) in [5, 5.41) is 9.14. The van der Waals surface area contributed by atoms with Gasteiger partial charge in [0.1, 0.15) is 12.0 Å². The van der Waals surface area contributed by atoms with Crippen molar-refractivity contribution in [3.8, 4) is 22.4 Å². The van der Waals surface area contributed by atoms with E-state index in [1.165, 1.54) is 16.7 Å². The normalized spacial score (nSPS) is 17.0. The van der Waals surface area contributed by atoms with Crippen molar-refractivity contribution in [1.82, 2.24) is 30.0 Å². The Hall–Kier alpha value is -3.13. The third-order valence-electron chi connectivity index (χ3n) is 5.71. The Morgan fingerprint density at radius 2 is 1.93 bits per heavy atom. The molecular weight excluding hydrogens is 392 g/mol. The first-order valence-electron chi connectivity index (χ1n) is 10.1. The summed E-state index contributed by atoms with van der Waals surface area (Å²) in [6.07, 6.45) is 7.48. The van der Waals surface area contributed by atoms with Crippen LogP contribution < -0.4 is 10.6 Å². The molecule has 6 nitrogen and oxygen atoms in total. The zero-order valence-corrected chi connectivity index (χ0v) is 17.1. The fourth-order valence-electron chi connectivity index (χ4n) is 4.12.